The van der Waals surface area contributed by atoms with Crippen LogP contribution < -0.4 is 0 Å². The quantitative estimate of drug-likeness (QED) is 0.715. The standard InChI is InChI=1S/C18H18FNO2/c1-18(2,3)22-17(21)9-11-4-6-13-14-7-5-12(19)10-16(14)20-15(13)8-11/h4-8,10,20H,9H2,1-3H3. The lowest BCUT2D eigenvalue weighted by Gasteiger charge is -2.19. The zero-order valence-electron chi connectivity index (χ0n) is 12.9. The van der Waals surface area contributed by atoms with Crippen LogP contribution in [-0.4, -0.2) is 16.6 Å². The molecule has 0 atom stereocenters. The lowest BCUT2D eigenvalue weighted by Crippen LogP contribution is -2.24. The second-order valence-electron chi connectivity index (χ2n) is 6.46. The molecule has 0 bridgehead atoms. The number of hydrogen-bond acceptors (Lipinski definition) is 2. The molecule has 1 heterocycles. The van der Waals surface area contributed by atoms with Crippen molar-refractivity contribution in [1.29, 1.82) is 0 Å². The number of H-pyrrole nitrogens is 1. The number of benzene rings is 2. The highest BCUT2D eigenvalue weighted by Crippen LogP contribution is 2.27. The van der Waals surface area contributed by atoms with E-state index in [1.165, 1.54) is 12.1 Å². The fourth-order valence-corrected chi connectivity index (χ4v) is 2.58. The van der Waals surface area contributed by atoms with Crippen molar-refractivity contribution in [2.75, 3.05) is 0 Å². The summed E-state index contributed by atoms with van der Waals surface area (Å²) in [6.45, 7) is 5.54. The van der Waals surface area contributed by atoms with Gasteiger partial charge in [0.2, 0.25) is 0 Å². The van der Waals surface area contributed by atoms with Crippen molar-refractivity contribution in [3.8, 4) is 0 Å². The predicted octanol–water partition coefficient (Wildman–Crippen LogP) is 4.34. The third-order valence-corrected chi connectivity index (χ3v) is 3.39. The first-order chi connectivity index (χ1) is 10.3. The zero-order valence-corrected chi connectivity index (χ0v) is 12.9. The molecule has 1 aromatic heterocycles. The minimum atomic E-state index is -0.486. The number of ether oxygens (including phenoxy) is 1. The number of nitrogens with one attached hydrogen (secondary N) is 1. The van der Waals surface area contributed by atoms with Crippen LogP contribution in [-0.2, 0) is 16.0 Å². The lowest BCUT2D eigenvalue weighted by atomic mass is 10.1. The van der Waals surface area contributed by atoms with Gasteiger partial charge in [0.1, 0.15) is 11.4 Å². The molecule has 0 aliphatic carbocycles. The highest BCUT2D eigenvalue weighted by atomic mass is 19.1. The van der Waals surface area contributed by atoms with E-state index in [9.17, 15) is 9.18 Å². The predicted molar refractivity (Wildman–Crippen MR) is 85.3 cm³/mol. The minimum absolute atomic E-state index is 0.219. The van der Waals surface area contributed by atoms with Gasteiger partial charge >= 0.3 is 5.97 Å². The van der Waals surface area contributed by atoms with E-state index >= 15 is 0 Å². The van der Waals surface area contributed by atoms with E-state index in [1.807, 2.05) is 39.0 Å². The Bertz CT molecular complexity index is 859. The largest absolute Gasteiger partial charge is 0.460 e. The second-order valence-corrected chi connectivity index (χ2v) is 6.46. The van der Waals surface area contributed by atoms with E-state index < -0.39 is 5.60 Å². The number of aromatic amines is 1. The molecule has 0 aliphatic rings. The molecule has 3 nitrogen and oxygen atoms in total. The third-order valence-electron chi connectivity index (χ3n) is 3.39. The molecule has 0 aliphatic heterocycles. The van der Waals surface area contributed by atoms with Crippen LogP contribution in [0.2, 0.25) is 0 Å². The summed E-state index contributed by atoms with van der Waals surface area (Å²) in [5.74, 6) is -0.526. The molecule has 0 radical (unpaired) electrons. The number of fused-ring (bicyclic) bond motifs is 3. The Kier molecular flexibility index (Phi) is 3.39. The molecular formula is C18H18FNO2. The maximum atomic E-state index is 13.3. The maximum Gasteiger partial charge on any atom is 0.310 e. The normalized spacial score (nSPS) is 12.0. The van der Waals surface area contributed by atoms with Crippen molar-refractivity contribution in [2.24, 2.45) is 0 Å². The third kappa shape index (κ3) is 2.96. The Morgan fingerprint density at radius 1 is 1.09 bits per heavy atom. The Balaban J connectivity index is 1.93. The fourth-order valence-electron chi connectivity index (χ4n) is 2.58. The molecule has 3 aromatic rings. The number of esters is 1. The SMILES string of the molecule is CC(C)(C)OC(=O)Cc1ccc2c(c1)[nH]c1cc(F)ccc12. The number of halogens is 1. The van der Waals surface area contributed by atoms with Crippen molar-refractivity contribution in [3.05, 3.63) is 47.8 Å². The Labute approximate surface area is 128 Å². The van der Waals surface area contributed by atoms with Crippen LogP contribution in [0.15, 0.2) is 36.4 Å². The van der Waals surface area contributed by atoms with Gasteiger partial charge in [0.25, 0.3) is 0 Å². The Hall–Kier alpha value is -2.36. The van der Waals surface area contributed by atoms with Crippen LogP contribution in [0.3, 0.4) is 0 Å². The molecule has 0 unspecified atom stereocenters. The molecule has 0 amide bonds. The highest BCUT2D eigenvalue weighted by molar-refractivity contribution is 6.07. The minimum Gasteiger partial charge on any atom is -0.460 e. The van der Waals surface area contributed by atoms with E-state index in [-0.39, 0.29) is 18.2 Å². The summed E-state index contributed by atoms with van der Waals surface area (Å²) < 4.78 is 18.6. The van der Waals surface area contributed by atoms with Gasteiger partial charge in [-0.25, -0.2) is 4.39 Å². The van der Waals surface area contributed by atoms with Crippen LogP contribution in [0.5, 0.6) is 0 Å². The number of hydrogen-bond donors (Lipinski definition) is 1. The summed E-state index contributed by atoms with van der Waals surface area (Å²) in [7, 11) is 0. The first-order valence-electron chi connectivity index (χ1n) is 7.23. The number of carbonyl (C=O) groups excluding carboxylic acids is 1. The fraction of sp³-hybridized carbons (Fsp3) is 0.278. The molecular weight excluding hydrogens is 281 g/mol. The first kappa shape index (κ1) is 14.6. The van der Waals surface area contributed by atoms with Crippen LogP contribution in [0.4, 0.5) is 4.39 Å². The van der Waals surface area contributed by atoms with Crippen molar-refractivity contribution >= 4 is 27.8 Å². The number of rotatable bonds is 2. The molecule has 4 heteroatoms. The highest BCUT2D eigenvalue weighted by Gasteiger charge is 2.16. The van der Waals surface area contributed by atoms with Gasteiger partial charge in [0, 0.05) is 21.8 Å². The molecule has 22 heavy (non-hydrogen) atoms. The van der Waals surface area contributed by atoms with Gasteiger partial charge in [-0.3, -0.25) is 4.79 Å². The smallest absolute Gasteiger partial charge is 0.310 e. The monoisotopic (exact) mass is 299 g/mol. The van der Waals surface area contributed by atoms with Crippen molar-refractivity contribution in [3.63, 3.8) is 0 Å². The van der Waals surface area contributed by atoms with Crippen LogP contribution in [0.1, 0.15) is 26.3 Å². The molecule has 0 saturated carbocycles. The Morgan fingerprint density at radius 2 is 1.73 bits per heavy atom. The van der Waals surface area contributed by atoms with E-state index in [1.54, 1.807) is 6.07 Å². The molecule has 2 aromatic carbocycles. The van der Waals surface area contributed by atoms with E-state index in [4.69, 9.17) is 4.74 Å². The molecule has 0 spiro atoms. The molecule has 114 valence electrons. The van der Waals surface area contributed by atoms with Gasteiger partial charge in [-0.1, -0.05) is 12.1 Å². The second kappa shape index (κ2) is 5.13. The molecule has 0 fully saturated rings. The average molecular weight is 299 g/mol. The van der Waals surface area contributed by atoms with Crippen LogP contribution in [0.25, 0.3) is 21.8 Å². The molecule has 0 saturated heterocycles. The van der Waals surface area contributed by atoms with Crippen molar-refractivity contribution in [2.45, 2.75) is 32.8 Å². The van der Waals surface area contributed by atoms with Gasteiger partial charge < -0.3 is 9.72 Å². The molecule has 1 N–H and O–H groups in total. The van der Waals surface area contributed by atoms with Crippen molar-refractivity contribution in [1.82, 2.24) is 4.98 Å². The van der Waals surface area contributed by atoms with Crippen LogP contribution >= 0.6 is 0 Å². The summed E-state index contributed by atoms with van der Waals surface area (Å²) in [5.41, 5.74) is 2.03. The summed E-state index contributed by atoms with van der Waals surface area (Å²) in [6.07, 6.45) is 0.219. The van der Waals surface area contributed by atoms with Gasteiger partial charge in [0.05, 0.1) is 6.42 Å². The summed E-state index contributed by atoms with van der Waals surface area (Å²) in [4.78, 5) is 15.1. The Morgan fingerprint density at radius 3 is 2.41 bits per heavy atom. The zero-order chi connectivity index (χ0) is 15.9. The first-order valence-corrected chi connectivity index (χ1v) is 7.23. The van der Waals surface area contributed by atoms with Crippen molar-refractivity contribution < 1.29 is 13.9 Å². The van der Waals surface area contributed by atoms with Crippen LogP contribution in [0, 0.1) is 5.82 Å². The van der Waals surface area contributed by atoms with Gasteiger partial charge in [0.15, 0.2) is 0 Å². The van der Waals surface area contributed by atoms with Gasteiger partial charge in [-0.2, -0.15) is 0 Å². The lowest BCUT2D eigenvalue weighted by molar-refractivity contribution is -0.153. The summed E-state index contributed by atoms with van der Waals surface area (Å²) in [6, 6.07) is 10.5. The summed E-state index contributed by atoms with van der Waals surface area (Å²) >= 11 is 0. The van der Waals surface area contributed by atoms with Gasteiger partial charge in [-0.15, -0.1) is 0 Å². The molecule has 3 rings (SSSR count). The summed E-state index contributed by atoms with van der Waals surface area (Å²) in [5, 5.41) is 1.99. The van der Waals surface area contributed by atoms with E-state index in [0.717, 1.165) is 27.4 Å². The van der Waals surface area contributed by atoms with E-state index in [0.29, 0.717) is 0 Å². The number of aromatic nitrogens is 1. The van der Waals surface area contributed by atoms with E-state index in [2.05, 4.69) is 4.98 Å². The maximum absolute atomic E-state index is 13.3. The average Bonchev–Trinajstić information content (AvgIpc) is 2.72. The number of carbonyl (C=O) groups is 1. The topological polar surface area (TPSA) is 42.1 Å². The van der Waals surface area contributed by atoms with Gasteiger partial charge in [-0.05, 0) is 50.6 Å².